The van der Waals surface area contributed by atoms with E-state index < -0.39 is 18.4 Å². The van der Waals surface area contributed by atoms with Gasteiger partial charge in [0.2, 0.25) is 0 Å². The van der Waals surface area contributed by atoms with E-state index in [0.29, 0.717) is 6.61 Å². The van der Waals surface area contributed by atoms with Gasteiger partial charge in [-0.15, -0.1) is 0 Å². The molecule has 1 aromatic rings. The Morgan fingerprint density at radius 1 is 0.923 bits per heavy atom. The van der Waals surface area contributed by atoms with E-state index in [-0.39, 0.29) is 0 Å². The molecule has 0 aliphatic carbocycles. The van der Waals surface area contributed by atoms with E-state index in [1.165, 1.54) is 57.4 Å². The van der Waals surface area contributed by atoms with Crippen molar-refractivity contribution in [1.82, 2.24) is 0 Å². The summed E-state index contributed by atoms with van der Waals surface area (Å²) in [6.07, 6.45) is 12.5. The Balaban J connectivity index is 3.24. The molecule has 0 spiro atoms. The van der Waals surface area contributed by atoms with Crippen LogP contribution in [0.4, 0.5) is 0 Å². The fourth-order valence-electron chi connectivity index (χ4n) is 3.75. The standard InChI is InChI=1S/C12H13O.3C4H9.Sn/c1-2-10-13-11-6-9-12-7-4-3-5-8-12;3*1-3-4-2;/h2-5,7-9H,1,10-11H2;3*1,3-4H2,2H3;. The molecule has 0 saturated heterocycles. The number of unbranched alkanes of at least 4 members (excludes halogenated alkanes) is 3. The van der Waals surface area contributed by atoms with Gasteiger partial charge in [-0.05, 0) is 0 Å². The zero-order valence-electron chi connectivity index (χ0n) is 17.4. The normalized spacial score (nSPS) is 12.3. The second kappa shape index (κ2) is 14.5. The zero-order chi connectivity index (χ0) is 19.1. The van der Waals surface area contributed by atoms with Gasteiger partial charge in [-0.1, -0.05) is 0 Å². The Kier molecular flexibility index (Phi) is 13.1. The molecule has 0 fully saturated rings. The SMILES string of the molecule is C=CCOC/[C](=C\c1ccccc1)[Sn]([CH2]CCC)([CH2]CCC)[CH2]CCC. The molecule has 0 amide bonds. The van der Waals surface area contributed by atoms with Crippen molar-refractivity contribution in [2.45, 2.75) is 72.6 Å². The van der Waals surface area contributed by atoms with Gasteiger partial charge in [0.05, 0.1) is 0 Å². The molecule has 0 radical (unpaired) electrons. The van der Waals surface area contributed by atoms with E-state index in [1.807, 2.05) is 6.08 Å². The molecule has 26 heavy (non-hydrogen) atoms. The van der Waals surface area contributed by atoms with Gasteiger partial charge in [0.1, 0.15) is 0 Å². The van der Waals surface area contributed by atoms with Gasteiger partial charge in [0.15, 0.2) is 0 Å². The molecule has 2 heteroatoms. The third-order valence-corrected chi connectivity index (χ3v) is 21.3. The van der Waals surface area contributed by atoms with Crippen molar-refractivity contribution in [1.29, 1.82) is 0 Å². The van der Waals surface area contributed by atoms with E-state index in [4.69, 9.17) is 4.74 Å². The Labute approximate surface area is 166 Å². The van der Waals surface area contributed by atoms with Crippen molar-refractivity contribution in [2.24, 2.45) is 0 Å². The van der Waals surface area contributed by atoms with Gasteiger partial charge >= 0.3 is 167 Å². The molecule has 0 unspecified atom stereocenters. The maximum absolute atomic E-state index is 6.03. The van der Waals surface area contributed by atoms with Crippen LogP contribution < -0.4 is 0 Å². The third-order valence-electron chi connectivity index (χ3n) is 5.34. The summed E-state index contributed by atoms with van der Waals surface area (Å²) in [5, 5.41) is 0. The van der Waals surface area contributed by atoms with Gasteiger partial charge < -0.3 is 0 Å². The van der Waals surface area contributed by atoms with Crippen LogP contribution in [0.2, 0.25) is 13.3 Å². The van der Waals surface area contributed by atoms with Crippen molar-refractivity contribution in [3.05, 3.63) is 52.1 Å². The first-order chi connectivity index (χ1) is 12.7. The van der Waals surface area contributed by atoms with E-state index in [2.05, 4.69) is 63.8 Å². The summed E-state index contributed by atoms with van der Waals surface area (Å²) in [4.78, 5) is 0. The number of hydrogen-bond acceptors (Lipinski definition) is 1. The summed E-state index contributed by atoms with van der Waals surface area (Å²) < 4.78 is 12.2. The third kappa shape index (κ3) is 8.43. The molecule has 0 aliphatic rings. The Morgan fingerprint density at radius 3 is 1.92 bits per heavy atom. The van der Waals surface area contributed by atoms with Crippen LogP contribution in [0.15, 0.2) is 46.6 Å². The molecule has 0 bridgehead atoms. The van der Waals surface area contributed by atoms with Gasteiger partial charge in [-0.2, -0.15) is 0 Å². The van der Waals surface area contributed by atoms with Gasteiger partial charge in [-0.3, -0.25) is 0 Å². The summed E-state index contributed by atoms with van der Waals surface area (Å²) in [6.45, 7) is 12.3. The van der Waals surface area contributed by atoms with Crippen molar-refractivity contribution in [2.75, 3.05) is 13.2 Å². The second-order valence-electron chi connectivity index (χ2n) is 7.48. The van der Waals surface area contributed by atoms with Crippen LogP contribution in [0.1, 0.15) is 64.9 Å². The first-order valence-corrected chi connectivity index (χ1v) is 18.1. The fraction of sp³-hybridized carbons (Fsp3) is 0.583. The maximum atomic E-state index is 6.03. The average Bonchev–Trinajstić information content (AvgIpc) is 2.68. The summed E-state index contributed by atoms with van der Waals surface area (Å²) in [7, 11) is 0. The predicted molar refractivity (Wildman–Crippen MR) is 120 cm³/mol. The molecular weight excluding hydrogens is 423 g/mol. The summed E-state index contributed by atoms with van der Waals surface area (Å²) >= 11 is -2.44. The van der Waals surface area contributed by atoms with Crippen LogP contribution in [-0.4, -0.2) is 31.6 Å². The Morgan fingerprint density at radius 2 is 1.46 bits per heavy atom. The van der Waals surface area contributed by atoms with Crippen molar-refractivity contribution >= 4 is 24.5 Å². The molecular formula is C24H40OSn. The molecule has 0 aromatic heterocycles. The first kappa shape index (κ1) is 23.5. The van der Waals surface area contributed by atoms with Crippen LogP contribution in [0.3, 0.4) is 0 Å². The summed E-state index contributed by atoms with van der Waals surface area (Å²) in [5.41, 5.74) is 1.34. The number of benzene rings is 1. The quantitative estimate of drug-likeness (QED) is 0.147. The van der Waals surface area contributed by atoms with Crippen LogP contribution in [-0.2, 0) is 4.74 Å². The Bertz CT molecular complexity index is 484. The molecule has 0 heterocycles. The molecule has 0 atom stereocenters. The molecule has 0 saturated carbocycles. The molecule has 1 rings (SSSR count). The first-order valence-electron chi connectivity index (χ1n) is 10.7. The topological polar surface area (TPSA) is 9.23 Å². The number of hydrogen-bond donors (Lipinski definition) is 0. The van der Waals surface area contributed by atoms with Gasteiger partial charge in [0.25, 0.3) is 0 Å². The number of ether oxygens (including phenoxy) is 1. The summed E-state index contributed by atoms with van der Waals surface area (Å²) in [6, 6.07) is 10.9. The van der Waals surface area contributed by atoms with Crippen LogP contribution in [0.5, 0.6) is 0 Å². The molecule has 1 aromatic carbocycles. The van der Waals surface area contributed by atoms with E-state index in [0.717, 1.165) is 6.61 Å². The van der Waals surface area contributed by atoms with Gasteiger partial charge in [-0.25, -0.2) is 0 Å². The molecule has 0 aliphatic heterocycles. The minimum atomic E-state index is -2.44. The monoisotopic (exact) mass is 464 g/mol. The van der Waals surface area contributed by atoms with Crippen molar-refractivity contribution < 1.29 is 4.74 Å². The van der Waals surface area contributed by atoms with Crippen molar-refractivity contribution in [3.8, 4) is 0 Å². The van der Waals surface area contributed by atoms with Crippen molar-refractivity contribution in [3.63, 3.8) is 0 Å². The van der Waals surface area contributed by atoms with Crippen LogP contribution >= 0.6 is 0 Å². The van der Waals surface area contributed by atoms with Crippen LogP contribution in [0, 0.1) is 0 Å². The molecule has 0 N–H and O–H groups in total. The number of rotatable bonds is 15. The zero-order valence-corrected chi connectivity index (χ0v) is 20.3. The van der Waals surface area contributed by atoms with Crippen LogP contribution in [0.25, 0.3) is 6.08 Å². The summed E-state index contributed by atoms with van der Waals surface area (Å²) in [5.74, 6) is 0. The second-order valence-corrected chi connectivity index (χ2v) is 20.9. The molecule has 146 valence electrons. The van der Waals surface area contributed by atoms with Gasteiger partial charge in [0, 0.05) is 0 Å². The predicted octanol–water partition coefficient (Wildman–Crippen LogP) is 7.66. The fourth-order valence-corrected chi connectivity index (χ4v) is 20.0. The molecule has 1 nitrogen and oxygen atoms in total. The average molecular weight is 463 g/mol. The minimum absolute atomic E-state index is 0.656. The van der Waals surface area contributed by atoms with E-state index in [1.54, 1.807) is 3.59 Å². The van der Waals surface area contributed by atoms with E-state index in [9.17, 15) is 0 Å². The van der Waals surface area contributed by atoms with E-state index >= 15 is 0 Å². The Hall–Kier alpha value is -0.541.